The van der Waals surface area contributed by atoms with Crippen LogP contribution in [0.1, 0.15) is 13.3 Å². The second-order valence-electron chi connectivity index (χ2n) is 3.71. The zero-order valence-corrected chi connectivity index (χ0v) is 11.0. The van der Waals surface area contributed by atoms with Crippen LogP contribution in [0.25, 0.3) is 0 Å². The Balaban J connectivity index is 3.02. The predicted octanol–water partition coefficient (Wildman–Crippen LogP) is 0.883. The molecular formula is C11H16FNO4S. The molecule has 0 aromatic heterocycles. The smallest absolute Gasteiger partial charge is 0.241 e. The number of ether oxygens (including phenoxy) is 1. The van der Waals surface area contributed by atoms with Crippen LogP contribution in [-0.4, -0.2) is 33.3 Å². The Bertz CT molecular complexity index is 500. The van der Waals surface area contributed by atoms with Gasteiger partial charge in [-0.15, -0.1) is 0 Å². The van der Waals surface area contributed by atoms with Gasteiger partial charge in [-0.05, 0) is 24.6 Å². The zero-order chi connectivity index (χ0) is 13.8. The molecule has 0 aliphatic rings. The molecule has 0 bridgehead atoms. The molecule has 1 rings (SSSR count). The number of aliphatic hydroxyl groups is 1. The maximum atomic E-state index is 13.4. The number of nitrogens with one attached hydrogen (secondary N) is 1. The highest BCUT2D eigenvalue weighted by molar-refractivity contribution is 7.89. The molecule has 0 heterocycles. The summed E-state index contributed by atoms with van der Waals surface area (Å²) in [5.41, 5.74) is 0. The Morgan fingerprint density at radius 3 is 2.61 bits per heavy atom. The van der Waals surface area contributed by atoms with E-state index in [9.17, 15) is 12.8 Å². The number of aliphatic hydroxyl groups excluding tert-OH is 1. The molecule has 0 saturated carbocycles. The van der Waals surface area contributed by atoms with Gasteiger partial charge in [0.15, 0.2) is 11.6 Å². The Labute approximate surface area is 106 Å². The topological polar surface area (TPSA) is 75.6 Å². The fraction of sp³-hybridized carbons (Fsp3) is 0.455. The van der Waals surface area contributed by atoms with Crippen LogP contribution in [0.15, 0.2) is 23.1 Å². The third kappa shape index (κ3) is 3.41. The highest BCUT2D eigenvalue weighted by Crippen LogP contribution is 2.20. The molecule has 0 spiro atoms. The van der Waals surface area contributed by atoms with Crippen LogP contribution < -0.4 is 9.46 Å². The molecule has 7 heteroatoms. The quantitative estimate of drug-likeness (QED) is 0.809. The van der Waals surface area contributed by atoms with Crippen LogP contribution in [0.2, 0.25) is 0 Å². The largest absolute Gasteiger partial charge is 0.494 e. The summed E-state index contributed by atoms with van der Waals surface area (Å²) >= 11 is 0. The standard InChI is InChI=1S/C11H16FNO4S/c1-3-8(7-14)13-18(15,16)9-4-5-11(17-2)10(12)6-9/h4-6,8,13-14H,3,7H2,1-2H3/t8-/m1/s1. The number of benzene rings is 1. The van der Waals surface area contributed by atoms with Crippen LogP contribution in [0, 0.1) is 5.82 Å². The van der Waals surface area contributed by atoms with Crippen LogP contribution >= 0.6 is 0 Å². The van der Waals surface area contributed by atoms with Gasteiger partial charge in [-0.3, -0.25) is 0 Å². The molecule has 0 radical (unpaired) electrons. The van der Waals surface area contributed by atoms with Crippen molar-refractivity contribution in [3.8, 4) is 5.75 Å². The molecule has 0 aliphatic carbocycles. The molecular weight excluding hydrogens is 261 g/mol. The monoisotopic (exact) mass is 277 g/mol. The van der Waals surface area contributed by atoms with Crippen LogP contribution in [0.5, 0.6) is 5.75 Å². The Morgan fingerprint density at radius 2 is 2.17 bits per heavy atom. The van der Waals surface area contributed by atoms with Crippen molar-refractivity contribution >= 4 is 10.0 Å². The molecule has 0 fully saturated rings. The molecule has 18 heavy (non-hydrogen) atoms. The Kier molecular flexibility index (Phi) is 5.06. The lowest BCUT2D eigenvalue weighted by Crippen LogP contribution is -2.36. The van der Waals surface area contributed by atoms with E-state index in [1.807, 2.05) is 0 Å². The summed E-state index contributed by atoms with van der Waals surface area (Å²) < 4.78 is 44.2. The predicted molar refractivity (Wildman–Crippen MR) is 64.4 cm³/mol. The van der Waals surface area contributed by atoms with Crippen LogP contribution in [0.4, 0.5) is 4.39 Å². The highest BCUT2D eigenvalue weighted by atomic mass is 32.2. The third-order valence-corrected chi connectivity index (χ3v) is 3.99. The second-order valence-corrected chi connectivity index (χ2v) is 5.42. The molecule has 1 aromatic rings. The molecule has 0 aliphatic heterocycles. The van der Waals surface area contributed by atoms with E-state index in [1.165, 1.54) is 19.2 Å². The summed E-state index contributed by atoms with van der Waals surface area (Å²) in [6.45, 7) is 1.42. The van der Waals surface area contributed by atoms with Gasteiger partial charge in [0, 0.05) is 6.04 Å². The van der Waals surface area contributed by atoms with E-state index in [-0.39, 0.29) is 17.3 Å². The van der Waals surface area contributed by atoms with Gasteiger partial charge < -0.3 is 9.84 Å². The van der Waals surface area contributed by atoms with E-state index in [2.05, 4.69) is 4.72 Å². The maximum Gasteiger partial charge on any atom is 0.241 e. The molecule has 102 valence electrons. The van der Waals surface area contributed by atoms with Gasteiger partial charge in [-0.1, -0.05) is 6.92 Å². The van der Waals surface area contributed by atoms with Gasteiger partial charge in [0.2, 0.25) is 10.0 Å². The molecule has 2 N–H and O–H groups in total. The summed E-state index contributed by atoms with van der Waals surface area (Å²) in [5, 5.41) is 8.95. The average Bonchev–Trinajstić information content (AvgIpc) is 2.35. The van der Waals surface area contributed by atoms with Crippen molar-refractivity contribution in [1.29, 1.82) is 0 Å². The van der Waals surface area contributed by atoms with Crippen LogP contribution in [0.3, 0.4) is 0 Å². The lowest BCUT2D eigenvalue weighted by molar-refractivity contribution is 0.254. The first-order valence-corrected chi connectivity index (χ1v) is 6.89. The van der Waals surface area contributed by atoms with Crippen molar-refractivity contribution in [2.75, 3.05) is 13.7 Å². The van der Waals surface area contributed by atoms with E-state index in [0.717, 1.165) is 6.07 Å². The highest BCUT2D eigenvalue weighted by Gasteiger charge is 2.20. The summed E-state index contributed by atoms with van der Waals surface area (Å²) in [7, 11) is -2.54. The first kappa shape index (κ1) is 14.9. The molecule has 1 aromatic carbocycles. The van der Waals surface area contributed by atoms with E-state index in [4.69, 9.17) is 9.84 Å². The second kappa shape index (κ2) is 6.12. The number of hydrogen-bond acceptors (Lipinski definition) is 4. The summed E-state index contributed by atoms with van der Waals surface area (Å²) in [6, 6.07) is 2.78. The molecule has 0 amide bonds. The van der Waals surface area contributed by atoms with Crippen LogP contribution in [-0.2, 0) is 10.0 Å². The lowest BCUT2D eigenvalue weighted by Gasteiger charge is -2.14. The first-order chi connectivity index (χ1) is 8.44. The number of methoxy groups -OCH3 is 1. The van der Waals surface area contributed by atoms with E-state index in [1.54, 1.807) is 6.92 Å². The number of rotatable bonds is 6. The van der Waals surface area contributed by atoms with Gasteiger partial charge >= 0.3 is 0 Å². The molecule has 5 nitrogen and oxygen atoms in total. The van der Waals surface area contributed by atoms with E-state index >= 15 is 0 Å². The molecule has 0 unspecified atom stereocenters. The molecule has 0 saturated heterocycles. The van der Waals surface area contributed by atoms with Crippen molar-refractivity contribution in [3.63, 3.8) is 0 Å². The first-order valence-electron chi connectivity index (χ1n) is 5.41. The van der Waals surface area contributed by atoms with Crippen molar-refractivity contribution in [2.24, 2.45) is 0 Å². The number of hydrogen-bond donors (Lipinski definition) is 2. The van der Waals surface area contributed by atoms with Gasteiger partial charge in [-0.25, -0.2) is 17.5 Å². The average molecular weight is 277 g/mol. The summed E-state index contributed by atoms with van der Waals surface area (Å²) in [5.74, 6) is -0.777. The minimum atomic E-state index is -3.84. The third-order valence-electron chi connectivity index (χ3n) is 2.47. The number of halogens is 1. The minimum absolute atomic E-state index is 0.0249. The Hall–Kier alpha value is -1.18. The van der Waals surface area contributed by atoms with Gasteiger partial charge in [0.25, 0.3) is 0 Å². The SMILES string of the molecule is CC[C@H](CO)NS(=O)(=O)c1ccc(OC)c(F)c1. The van der Waals surface area contributed by atoms with E-state index in [0.29, 0.717) is 6.42 Å². The van der Waals surface area contributed by atoms with Gasteiger partial charge in [0.05, 0.1) is 18.6 Å². The lowest BCUT2D eigenvalue weighted by atomic mass is 10.3. The fourth-order valence-electron chi connectivity index (χ4n) is 1.35. The Morgan fingerprint density at radius 1 is 1.50 bits per heavy atom. The van der Waals surface area contributed by atoms with Crippen molar-refractivity contribution in [2.45, 2.75) is 24.3 Å². The number of sulfonamides is 1. The summed E-state index contributed by atoms with van der Waals surface area (Å²) in [4.78, 5) is -0.201. The maximum absolute atomic E-state index is 13.4. The van der Waals surface area contributed by atoms with Gasteiger partial charge in [-0.2, -0.15) is 0 Å². The van der Waals surface area contributed by atoms with Gasteiger partial charge in [0.1, 0.15) is 0 Å². The minimum Gasteiger partial charge on any atom is -0.494 e. The zero-order valence-electron chi connectivity index (χ0n) is 10.2. The molecule has 1 atom stereocenters. The summed E-state index contributed by atoms with van der Waals surface area (Å²) in [6.07, 6.45) is 0.439. The van der Waals surface area contributed by atoms with Crippen molar-refractivity contribution in [1.82, 2.24) is 4.72 Å². The van der Waals surface area contributed by atoms with Crippen molar-refractivity contribution in [3.05, 3.63) is 24.0 Å². The normalized spacial score (nSPS) is 13.3. The fourth-order valence-corrected chi connectivity index (χ4v) is 2.67. The van der Waals surface area contributed by atoms with E-state index < -0.39 is 21.9 Å². The van der Waals surface area contributed by atoms with Crippen molar-refractivity contribution < 1.29 is 22.7 Å².